The third-order valence-electron chi connectivity index (χ3n) is 4.08. The normalized spacial score (nSPS) is 12.3. The minimum atomic E-state index is -0.779. The summed E-state index contributed by atoms with van der Waals surface area (Å²) >= 11 is 0. The summed E-state index contributed by atoms with van der Waals surface area (Å²) in [5.41, 5.74) is 6.43. The number of primary amides is 1. The average molecular weight is 334 g/mol. The number of carbonyl (C=O) groups is 2. The van der Waals surface area contributed by atoms with E-state index in [-0.39, 0.29) is 31.3 Å². The second-order valence-electron chi connectivity index (χ2n) is 5.57. The fourth-order valence-electron chi connectivity index (χ4n) is 2.62. The number of ether oxygens (including phenoxy) is 1. The van der Waals surface area contributed by atoms with Gasteiger partial charge in [0.1, 0.15) is 12.6 Å². The standard InChI is InChI=1S/C16H22N4O4/c1-11(15(17)22)19(8-9-24-3)14(21)10-20-13-7-5-4-6-12(13)18(2)16(20)23/h4-7,11H,8-10H2,1-3H3,(H2,17,22). The number of nitrogens with two attached hydrogens (primary N) is 1. The van der Waals surface area contributed by atoms with Crippen molar-refractivity contribution in [3.8, 4) is 0 Å². The van der Waals surface area contributed by atoms with Gasteiger partial charge in [0.15, 0.2) is 0 Å². The van der Waals surface area contributed by atoms with Gasteiger partial charge in [-0.15, -0.1) is 0 Å². The van der Waals surface area contributed by atoms with Gasteiger partial charge in [0.2, 0.25) is 11.8 Å². The Balaban J connectivity index is 2.34. The number of hydrogen-bond donors (Lipinski definition) is 1. The van der Waals surface area contributed by atoms with E-state index in [9.17, 15) is 14.4 Å². The van der Waals surface area contributed by atoms with Crippen LogP contribution in [0.15, 0.2) is 29.1 Å². The van der Waals surface area contributed by atoms with Crippen LogP contribution in [0, 0.1) is 0 Å². The fraction of sp³-hybridized carbons (Fsp3) is 0.438. The highest BCUT2D eigenvalue weighted by Gasteiger charge is 2.25. The smallest absolute Gasteiger partial charge is 0.329 e. The first-order chi connectivity index (χ1) is 11.4. The Morgan fingerprint density at radius 1 is 1.29 bits per heavy atom. The highest BCUT2D eigenvalue weighted by atomic mass is 16.5. The third kappa shape index (κ3) is 3.33. The largest absolute Gasteiger partial charge is 0.383 e. The number of aromatic nitrogens is 2. The number of carbonyl (C=O) groups excluding carboxylic acids is 2. The SMILES string of the molecule is COCCN(C(=O)Cn1c(=O)n(C)c2ccccc21)C(C)C(N)=O. The number of imidazole rings is 1. The van der Waals surface area contributed by atoms with Gasteiger partial charge in [-0.2, -0.15) is 0 Å². The molecule has 1 aromatic carbocycles. The van der Waals surface area contributed by atoms with Crippen molar-refractivity contribution in [3.05, 3.63) is 34.7 Å². The minimum absolute atomic E-state index is 0.165. The summed E-state index contributed by atoms with van der Waals surface area (Å²) in [5.74, 6) is -0.971. The molecule has 2 aromatic rings. The Hall–Kier alpha value is -2.61. The van der Waals surface area contributed by atoms with Gasteiger partial charge in [-0.05, 0) is 19.1 Å². The van der Waals surface area contributed by atoms with Gasteiger partial charge in [0.25, 0.3) is 0 Å². The number of para-hydroxylation sites is 2. The van der Waals surface area contributed by atoms with E-state index in [0.717, 1.165) is 5.52 Å². The first kappa shape index (κ1) is 17.7. The van der Waals surface area contributed by atoms with Crippen LogP contribution < -0.4 is 11.4 Å². The number of hydrogen-bond acceptors (Lipinski definition) is 4. The zero-order valence-corrected chi connectivity index (χ0v) is 14.1. The van der Waals surface area contributed by atoms with E-state index >= 15 is 0 Å². The van der Waals surface area contributed by atoms with E-state index in [1.165, 1.54) is 21.1 Å². The second kappa shape index (κ2) is 7.31. The maximum absolute atomic E-state index is 12.7. The lowest BCUT2D eigenvalue weighted by Gasteiger charge is -2.27. The van der Waals surface area contributed by atoms with Crippen LogP contribution in [0.25, 0.3) is 11.0 Å². The highest BCUT2D eigenvalue weighted by molar-refractivity contribution is 5.87. The van der Waals surface area contributed by atoms with E-state index in [1.807, 2.05) is 12.1 Å². The third-order valence-corrected chi connectivity index (χ3v) is 4.08. The van der Waals surface area contributed by atoms with Crippen LogP contribution in [0.2, 0.25) is 0 Å². The second-order valence-corrected chi connectivity index (χ2v) is 5.57. The first-order valence-corrected chi connectivity index (χ1v) is 7.60. The molecule has 1 unspecified atom stereocenters. The van der Waals surface area contributed by atoms with Crippen LogP contribution >= 0.6 is 0 Å². The number of benzene rings is 1. The molecule has 2 N–H and O–H groups in total. The predicted molar refractivity (Wildman–Crippen MR) is 89.4 cm³/mol. The number of nitrogens with zero attached hydrogens (tertiary/aromatic N) is 3. The summed E-state index contributed by atoms with van der Waals surface area (Å²) in [6.45, 7) is 1.88. The fourth-order valence-corrected chi connectivity index (χ4v) is 2.62. The molecule has 0 aliphatic heterocycles. The molecule has 0 aliphatic carbocycles. The van der Waals surface area contributed by atoms with Crippen molar-refractivity contribution in [2.45, 2.75) is 19.5 Å². The quantitative estimate of drug-likeness (QED) is 0.750. The Morgan fingerprint density at radius 2 is 1.92 bits per heavy atom. The molecular weight excluding hydrogens is 312 g/mol. The van der Waals surface area contributed by atoms with Crippen molar-refractivity contribution in [2.24, 2.45) is 12.8 Å². The predicted octanol–water partition coefficient (Wildman–Crippen LogP) is -0.311. The van der Waals surface area contributed by atoms with Crippen LogP contribution in [0.1, 0.15) is 6.92 Å². The molecule has 0 spiro atoms. The highest BCUT2D eigenvalue weighted by Crippen LogP contribution is 2.12. The monoisotopic (exact) mass is 334 g/mol. The molecular formula is C16H22N4O4. The Kier molecular flexibility index (Phi) is 5.40. The molecule has 2 amide bonds. The van der Waals surface area contributed by atoms with Crippen LogP contribution in [0.4, 0.5) is 0 Å². The van der Waals surface area contributed by atoms with Gasteiger partial charge < -0.3 is 15.4 Å². The van der Waals surface area contributed by atoms with Crippen molar-refractivity contribution in [3.63, 3.8) is 0 Å². The van der Waals surface area contributed by atoms with Crippen molar-refractivity contribution in [1.82, 2.24) is 14.0 Å². The molecule has 2 rings (SSSR count). The summed E-state index contributed by atoms with van der Waals surface area (Å²) in [5, 5.41) is 0. The van der Waals surface area contributed by atoms with E-state index < -0.39 is 11.9 Å². The number of aryl methyl sites for hydroxylation is 1. The van der Waals surface area contributed by atoms with E-state index in [4.69, 9.17) is 10.5 Å². The number of methoxy groups -OCH3 is 1. The number of rotatable bonds is 7. The molecule has 8 nitrogen and oxygen atoms in total. The van der Waals surface area contributed by atoms with Gasteiger partial charge in [0, 0.05) is 20.7 Å². The summed E-state index contributed by atoms with van der Waals surface area (Å²) < 4.78 is 7.86. The van der Waals surface area contributed by atoms with Crippen molar-refractivity contribution in [1.29, 1.82) is 0 Å². The van der Waals surface area contributed by atoms with Crippen LogP contribution in [-0.2, 0) is 27.9 Å². The van der Waals surface area contributed by atoms with E-state index in [0.29, 0.717) is 5.52 Å². The maximum Gasteiger partial charge on any atom is 0.329 e. The number of amides is 2. The van der Waals surface area contributed by atoms with Gasteiger partial charge in [-0.3, -0.25) is 18.7 Å². The molecule has 1 aromatic heterocycles. The lowest BCUT2D eigenvalue weighted by Crippen LogP contribution is -2.49. The van der Waals surface area contributed by atoms with Gasteiger partial charge in [-0.25, -0.2) is 4.79 Å². The molecule has 130 valence electrons. The number of fused-ring (bicyclic) bond motifs is 1. The topological polar surface area (TPSA) is 99.6 Å². The Bertz CT molecular complexity index is 808. The Morgan fingerprint density at radius 3 is 2.50 bits per heavy atom. The lowest BCUT2D eigenvalue weighted by molar-refractivity contribution is -0.139. The van der Waals surface area contributed by atoms with Crippen molar-refractivity contribution < 1.29 is 14.3 Å². The molecule has 1 atom stereocenters. The van der Waals surface area contributed by atoms with E-state index in [1.54, 1.807) is 26.1 Å². The van der Waals surface area contributed by atoms with Gasteiger partial charge >= 0.3 is 5.69 Å². The maximum atomic E-state index is 12.7. The summed E-state index contributed by atoms with van der Waals surface area (Å²) in [4.78, 5) is 37.9. The van der Waals surface area contributed by atoms with Crippen molar-refractivity contribution in [2.75, 3.05) is 20.3 Å². The average Bonchev–Trinajstić information content (AvgIpc) is 2.80. The van der Waals surface area contributed by atoms with E-state index in [2.05, 4.69) is 0 Å². The molecule has 1 heterocycles. The molecule has 0 bridgehead atoms. The summed E-state index contributed by atoms with van der Waals surface area (Å²) in [6.07, 6.45) is 0. The summed E-state index contributed by atoms with van der Waals surface area (Å²) in [6, 6.07) is 6.44. The van der Waals surface area contributed by atoms with Gasteiger partial charge in [-0.1, -0.05) is 12.1 Å². The molecule has 24 heavy (non-hydrogen) atoms. The molecule has 0 saturated carbocycles. The Labute approximate surface area is 139 Å². The molecule has 8 heteroatoms. The molecule has 0 saturated heterocycles. The zero-order valence-electron chi connectivity index (χ0n) is 14.1. The van der Waals surface area contributed by atoms with Crippen LogP contribution in [0.3, 0.4) is 0 Å². The molecule has 0 radical (unpaired) electrons. The lowest BCUT2D eigenvalue weighted by atomic mass is 10.2. The zero-order chi connectivity index (χ0) is 17.9. The van der Waals surface area contributed by atoms with Crippen molar-refractivity contribution >= 4 is 22.8 Å². The first-order valence-electron chi connectivity index (χ1n) is 7.60. The van der Waals surface area contributed by atoms with Crippen LogP contribution in [0.5, 0.6) is 0 Å². The summed E-state index contributed by atoms with van der Waals surface area (Å²) in [7, 11) is 3.16. The molecule has 0 fully saturated rings. The van der Waals surface area contributed by atoms with Gasteiger partial charge in [0.05, 0.1) is 17.6 Å². The minimum Gasteiger partial charge on any atom is -0.383 e. The van der Waals surface area contributed by atoms with Crippen LogP contribution in [-0.4, -0.2) is 52.2 Å². The molecule has 0 aliphatic rings.